The maximum atomic E-state index is 12.5. The fourth-order valence-electron chi connectivity index (χ4n) is 3.43. The van der Waals surface area contributed by atoms with Gasteiger partial charge >= 0.3 is 5.97 Å². The minimum Gasteiger partial charge on any atom is -0.490 e. The van der Waals surface area contributed by atoms with E-state index in [0.717, 1.165) is 5.56 Å². The minimum absolute atomic E-state index is 0.253. The van der Waals surface area contributed by atoms with Crippen LogP contribution in [0.15, 0.2) is 90.0 Å². The van der Waals surface area contributed by atoms with Crippen molar-refractivity contribution in [3.63, 3.8) is 0 Å². The fraction of sp³-hybridized carbons (Fsp3) is 0.100. The van der Waals surface area contributed by atoms with Crippen molar-refractivity contribution in [1.29, 1.82) is 0 Å². The van der Waals surface area contributed by atoms with Crippen LogP contribution in [0.2, 0.25) is 15.1 Å². The number of rotatable bonds is 10. The number of hydrogen-bond acceptors (Lipinski definition) is 6. The number of benzene rings is 4. The zero-order chi connectivity index (χ0) is 28.5. The van der Waals surface area contributed by atoms with Gasteiger partial charge in [0, 0.05) is 26.2 Å². The van der Waals surface area contributed by atoms with Gasteiger partial charge in [0.2, 0.25) is 0 Å². The average molecular weight is 598 g/mol. The Morgan fingerprint density at radius 2 is 1.50 bits per heavy atom. The van der Waals surface area contributed by atoms with Gasteiger partial charge in [0.1, 0.15) is 12.4 Å². The molecule has 1 N–H and O–H groups in total. The Morgan fingerprint density at radius 1 is 0.800 bits per heavy atom. The molecule has 0 spiro atoms. The van der Waals surface area contributed by atoms with Crippen LogP contribution in [0.25, 0.3) is 0 Å². The molecular formula is C30H23Cl3N2O5. The van der Waals surface area contributed by atoms with Gasteiger partial charge in [-0.2, -0.15) is 5.10 Å². The Balaban J connectivity index is 1.34. The molecule has 0 fully saturated rings. The number of carbonyl (C=O) groups is 2. The van der Waals surface area contributed by atoms with E-state index in [4.69, 9.17) is 49.0 Å². The SMILES string of the molecule is CCOc1cc(/C=N\NC(=O)c2ccc(OCc3ccc(Cl)cc3Cl)cc2)ccc1OC(=O)c1ccc(Cl)cc1. The van der Waals surface area contributed by atoms with Crippen molar-refractivity contribution in [2.75, 3.05) is 6.61 Å². The molecule has 0 aromatic heterocycles. The van der Waals surface area contributed by atoms with Crippen molar-refractivity contribution in [2.24, 2.45) is 5.10 Å². The number of nitrogens with zero attached hydrogens (tertiary/aromatic N) is 1. The maximum Gasteiger partial charge on any atom is 0.343 e. The second-order valence-electron chi connectivity index (χ2n) is 8.28. The van der Waals surface area contributed by atoms with Gasteiger partial charge in [0.05, 0.1) is 18.4 Å². The molecule has 4 aromatic rings. The molecule has 0 aliphatic rings. The summed E-state index contributed by atoms with van der Waals surface area (Å²) in [6.07, 6.45) is 1.46. The van der Waals surface area contributed by atoms with Crippen LogP contribution in [-0.4, -0.2) is 24.7 Å². The third-order valence-corrected chi connectivity index (χ3v) is 6.29. The number of nitrogens with one attached hydrogen (secondary N) is 1. The minimum atomic E-state index is -0.545. The van der Waals surface area contributed by atoms with Crippen molar-refractivity contribution in [3.05, 3.63) is 122 Å². The van der Waals surface area contributed by atoms with Gasteiger partial charge in [0.25, 0.3) is 5.91 Å². The molecule has 0 radical (unpaired) electrons. The van der Waals surface area contributed by atoms with Gasteiger partial charge < -0.3 is 14.2 Å². The predicted molar refractivity (Wildman–Crippen MR) is 156 cm³/mol. The summed E-state index contributed by atoms with van der Waals surface area (Å²) in [6, 6.07) is 23.1. The van der Waals surface area contributed by atoms with E-state index in [1.165, 1.54) is 6.21 Å². The molecule has 0 aliphatic heterocycles. The van der Waals surface area contributed by atoms with Gasteiger partial charge in [0.15, 0.2) is 11.5 Å². The van der Waals surface area contributed by atoms with Crippen LogP contribution >= 0.6 is 34.8 Å². The average Bonchev–Trinajstić information content (AvgIpc) is 2.94. The predicted octanol–water partition coefficient (Wildman–Crippen LogP) is 7.61. The van der Waals surface area contributed by atoms with Crippen LogP contribution in [0.4, 0.5) is 0 Å². The van der Waals surface area contributed by atoms with E-state index < -0.39 is 11.9 Å². The number of halogens is 3. The number of ether oxygens (including phenoxy) is 3. The Hall–Kier alpha value is -4.04. The molecule has 10 heteroatoms. The zero-order valence-corrected chi connectivity index (χ0v) is 23.5. The monoisotopic (exact) mass is 596 g/mol. The molecule has 1 amide bonds. The molecule has 0 saturated carbocycles. The van der Waals surface area contributed by atoms with Crippen LogP contribution < -0.4 is 19.6 Å². The quantitative estimate of drug-likeness (QED) is 0.0880. The van der Waals surface area contributed by atoms with E-state index in [9.17, 15) is 9.59 Å². The van der Waals surface area contributed by atoms with Crippen LogP contribution in [-0.2, 0) is 6.61 Å². The highest BCUT2D eigenvalue weighted by molar-refractivity contribution is 6.35. The van der Waals surface area contributed by atoms with Gasteiger partial charge in [-0.05, 0) is 91.3 Å². The number of amides is 1. The number of esters is 1. The second kappa shape index (κ2) is 13.8. The molecule has 0 aliphatic carbocycles. The molecule has 204 valence electrons. The maximum absolute atomic E-state index is 12.5. The van der Waals surface area contributed by atoms with E-state index >= 15 is 0 Å². The summed E-state index contributed by atoms with van der Waals surface area (Å²) < 4.78 is 16.9. The van der Waals surface area contributed by atoms with Gasteiger partial charge in [-0.3, -0.25) is 4.79 Å². The van der Waals surface area contributed by atoms with Crippen LogP contribution in [0.5, 0.6) is 17.2 Å². The summed E-state index contributed by atoms with van der Waals surface area (Å²) in [5.74, 6) is 0.240. The smallest absolute Gasteiger partial charge is 0.343 e. The third kappa shape index (κ3) is 7.99. The summed E-state index contributed by atoms with van der Waals surface area (Å²) in [6.45, 7) is 2.43. The van der Waals surface area contributed by atoms with Crippen molar-refractivity contribution in [1.82, 2.24) is 5.43 Å². The number of hydrazone groups is 1. The standard InChI is InChI=1S/C30H23Cl3N2O5/c1-2-38-28-15-19(3-14-27(28)40-30(37)21-4-9-23(31)10-5-21)17-34-35-29(36)20-7-12-25(13-8-20)39-18-22-6-11-24(32)16-26(22)33/h3-17H,2,18H2,1H3,(H,35,36)/b34-17-. The first-order valence-corrected chi connectivity index (χ1v) is 13.2. The molecule has 0 saturated heterocycles. The third-order valence-electron chi connectivity index (χ3n) is 5.46. The summed E-state index contributed by atoms with van der Waals surface area (Å²) in [5, 5.41) is 5.61. The highest BCUT2D eigenvalue weighted by atomic mass is 35.5. The topological polar surface area (TPSA) is 86.2 Å². The fourth-order valence-corrected chi connectivity index (χ4v) is 4.02. The van der Waals surface area contributed by atoms with Crippen molar-refractivity contribution in [2.45, 2.75) is 13.5 Å². The lowest BCUT2D eigenvalue weighted by atomic mass is 10.2. The zero-order valence-electron chi connectivity index (χ0n) is 21.2. The van der Waals surface area contributed by atoms with Crippen LogP contribution in [0.3, 0.4) is 0 Å². The molecule has 7 nitrogen and oxygen atoms in total. The summed E-state index contributed by atoms with van der Waals surface area (Å²) in [5.41, 5.74) is 4.65. The Kier molecular flexibility index (Phi) is 10.0. The summed E-state index contributed by atoms with van der Waals surface area (Å²) >= 11 is 18.0. The highest BCUT2D eigenvalue weighted by Crippen LogP contribution is 2.29. The van der Waals surface area contributed by atoms with Gasteiger partial charge in [-0.25, -0.2) is 10.2 Å². The largest absolute Gasteiger partial charge is 0.490 e. The normalized spacial score (nSPS) is 10.8. The highest BCUT2D eigenvalue weighted by Gasteiger charge is 2.13. The molecule has 0 atom stereocenters. The Morgan fingerprint density at radius 3 is 2.20 bits per heavy atom. The van der Waals surface area contributed by atoms with Crippen molar-refractivity contribution < 1.29 is 23.8 Å². The molecule has 0 bridgehead atoms. The lowest BCUT2D eigenvalue weighted by molar-refractivity contribution is 0.0728. The molecule has 4 rings (SSSR count). The second-order valence-corrected chi connectivity index (χ2v) is 9.56. The first-order chi connectivity index (χ1) is 19.3. The lowest BCUT2D eigenvalue weighted by Gasteiger charge is -2.11. The van der Waals surface area contributed by atoms with Crippen LogP contribution in [0.1, 0.15) is 38.8 Å². The summed E-state index contributed by atoms with van der Waals surface area (Å²) in [4.78, 5) is 25.0. The summed E-state index contributed by atoms with van der Waals surface area (Å²) in [7, 11) is 0. The van der Waals surface area contributed by atoms with E-state index in [1.54, 1.807) is 84.9 Å². The first-order valence-electron chi connectivity index (χ1n) is 12.1. The molecule has 4 aromatic carbocycles. The Bertz CT molecular complexity index is 1520. The first kappa shape index (κ1) is 29.0. The van der Waals surface area contributed by atoms with E-state index in [0.29, 0.717) is 49.9 Å². The van der Waals surface area contributed by atoms with Crippen molar-refractivity contribution in [3.8, 4) is 17.2 Å². The molecule has 0 heterocycles. The number of carbonyl (C=O) groups excluding carboxylic acids is 2. The van der Waals surface area contributed by atoms with Crippen molar-refractivity contribution >= 4 is 52.9 Å². The lowest BCUT2D eigenvalue weighted by Crippen LogP contribution is -2.17. The van der Waals surface area contributed by atoms with Gasteiger partial charge in [-0.1, -0.05) is 40.9 Å². The molecule has 40 heavy (non-hydrogen) atoms. The van der Waals surface area contributed by atoms with Gasteiger partial charge in [-0.15, -0.1) is 0 Å². The van der Waals surface area contributed by atoms with Crippen LogP contribution in [0, 0.1) is 0 Å². The Labute approximate surface area is 246 Å². The molecule has 0 unspecified atom stereocenters. The molecular weight excluding hydrogens is 575 g/mol. The van der Waals surface area contributed by atoms with E-state index in [-0.39, 0.29) is 12.4 Å². The van der Waals surface area contributed by atoms with E-state index in [1.807, 2.05) is 6.92 Å². The number of hydrogen-bond donors (Lipinski definition) is 1. The van der Waals surface area contributed by atoms with E-state index in [2.05, 4.69) is 10.5 Å².